The van der Waals surface area contributed by atoms with Gasteiger partial charge in [0, 0.05) is 12.3 Å². The van der Waals surface area contributed by atoms with Gasteiger partial charge in [-0.2, -0.15) is 0 Å². The van der Waals surface area contributed by atoms with Gasteiger partial charge in [-0.05, 0) is 6.92 Å². The minimum Gasteiger partial charge on any atom is -0.480 e. The molecule has 0 aliphatic carbocycles. The molecule has 1 aliphatic heterocycles. The second-order valence-corrected chi connectivity index (χ2v) is 4.44. The van der Waals surface area contributed by atoms with Gasteiger partial charge in [-0.15, -0.1) is 11.8 Å². The summed E-state index contributed by atoms with van der Waals surface area (Å²) in [7, 11) is 0. The maximum absolute atomic E-state index is 11.6. The number of amides is 3. The molecular formula is C9H15N3O4S. The number of thioether (sulfide) groups is 1. The molecule has 0 aromatic heterocycles. The number of urea groups is 1. The second-order valence-electron chi connectivity index (χ2n) is 3.44. The summed E-state index contributed by atoms with van der Waals surface area (Å²) in [5, 5.41) is 13.8. The molecule has 3 N–H and O–H groups in total. The van der Waals surface area contributed by atoms with Gasteiger partial charge in [0.25, 0.3) is 0 Å². The van der Waals surface area contributed by atoms with Crippen LogP contribution in [0.3, 0.4) is 0 Å². The first-order valence-electron chi connectivity index (χ1n) is 5.18. The molecule has 0 radical (unpaired) electrons. The van der Waals surface area contributed by atoms with Crippen molar-refractivity contribution in [1.29, 1.82) is 0 Å². The molecule has 0 saturated carbocycles. The molecular weight excluding hydrogens is 246 g/mol. The van der Waals surface area contributed by atoms with Crippen LogP contribution in [0.2, 0.25) is 0 Å². The predicted molar refractivity (Wildman–Crippen MR) is 62.7 cm³/mol. The number of likely N-dealkylation sites (N-methyl/N-ethyl adjacent to an activating group) is 1. The van der Waals surface area contributed by atoms with Gasteiger partial charge < -0.3 is 20.6 Å². The Labute approximate surface area is 103 Å². The van der Waals surface area contributed by atoms with Crippen LogP contribution in [-0.2, 0) is 9.59 Å². The monoisotopic (exact) mass is 261 g/mol. The van der Waals surface area contributed by atoms with Gasteiger partial charge in [0.05, 0.1) is 12.4 Å². The first kappa shape index (κ1) is 13.6. The van der Waals surface area contributed by atoms with Crippen LogP contribution in [0.5, 0.6) is 0 Å². The number of carbonyl (C=O) groups excluding carboxylic acids is 2. The maximum Gasteiger partial charge on any atom is 0.327 e. The fourth-order valence-corrected chi connectivity index (χ4v) is 2.51. The summed E-state index contributed by atoms with van der Waals surface area (Å²) in [5.41, 5.74) is 0. The largest absolute Gasteiger partial charge is 0.480 e. The van der Waals surface area contributed by atoms with Crippen molar-refractivity contribution in [2.24, 2.45) is 0 Å². The van der Waals surface area contributed by atoms with Crippen LogP contribution in [0.4, 0.5) is 4.79 Å². The molecule has 1 rings (SSSR count). The molecule has 0 aromatic carbocycles. The van der Waals surface area contributed by atoms with E-state index in [2.05, 4.69) is 10.6 Å². The van der Waals surface area contributed by atoms with E-state index in [9.17, 15) is 14.4 Å². The van der Waals surface area contributed by atoms with Crippen LogP contribution in [0.25, 0.3) is 0 Å². The highest BCUT2D eigenvalue weighted by Crippen LogP contribution is 2.20. The van der Waals surface area contributed by atoms with Crippen LogP contribution in [0, 0.1) is 0 Å². The zero-order valence-electron chi connectivity index (χ0n) is 9.43. The predicted octanol–water partition coefficient (Wildman–Crippen LogP) is -0.708. The van der Waals surface area contributed by atoms with Crippen molar-refractivity contribution in [3.63, 3.8) is 0 Å². The minimum absolute atomic E-state index is 0.139. The molecule has 1 atom stereocenters. The van der Waals surface area contributed by atoms with E-state index in [1.54, 1.807) is 6.92 Å². The summed E-state index contributed by atoms with van der Waals surface area (Å²) in [5.74, 6) is -0.606. The number of carboxylic acids is 1. The number of carbonyl (C=O) groups is 3. The summed E-state index contributed by atoms with van der Waals surface area (Å²) in [6.45, 7) is 2.13. The van der Waals surface area contributed by atoms with Crippen molar-refractivity contribution in [3.8, 4) is 0 Å². The van der Waals surface area contributed by atoms with Gasteiger partial charge >= 0.3 is 12.0 Å². The van der Waals surface area contributed by atoms with Crippen molar-refractivity contribution >= 4 is 29.7 Å². The van der Waals surface area contributed by atoms with Gasteiger partial charge in [-0.3, -0.25) is 4.79 Å². The van der Waals surface area contributed by atoms with Crippen LogP contribution in [-0.4, -0.2) is 58.7 Å². The lowest BCUT2D eigenvalue weighted by molar-refractivity contribution is -0.140. The molecule has 1 saturated heterocycles. The van der Waals surface area contributed by atoms with Crippen molar-refractivity contribution < 1.29 is 19.5 Å². The highest BCUT2D eigenvalue weighted by Gasteiger charge is 2.34. The van der Waals surface area contributed by atoms with Gasteiger partial charge in [-0.1, -0.05) is 0 Å². The smallest absolute Gasteiger partial charge is 0.327 e. The summed E-state index contributed by atoms with van der Waals surface area (Å²) in [6, 6.07) is -1.33. The molecule has 0 spiro atoms. The Kier molecular flexibility index (Phi) is 5.08. The summed E-state index contributed by atoms with van der Waals surface area (Å²) in [4.78, 5) is 34.8. The molecule has 96 valence electrons. The molecule has 0 bridgehead atoms. The molecule has 8 heteroatoms. The van der Waals surface area contributed by atoms with E-state index in [0.29, 0.717) is 18.2 Å². The SMILES string of the molecule is CCNC(=O)CNC(=O)N1CSCC1C(=O)O. The highest BCUT2D eigenvalue weighted by atomic mass is 32.2. The molecule has 17 heavy (non-hydrogen) atoms. The Hall–Kier alpha value is -1.44. The van der Waals surface area contributed by atoms with Crippen molar-refractivity contribution in [1.82, 2.24) is 15.5 Å². The molecule has 1 aliphatic rings. The van der Waals surface area contributed by atoms with Gasteiger partial charge in [0.1, 0.15) is 6.04 Å². The van der Waals surface area contributed by atoms with E-state index in [4.69, 9.17) is 5.11 Å². The first-order chi connectivity index (χ1) is 8.06. The van der Waals surface area contributed by atoms with E-state index in [1.807, 2.05) is 0 Å². The lowest BCUT2D eigenvalue weighted by Crippen LogP contribution is -2.49. The van der Waals surface area contributed by atoms with E-state index >= 15 is 0 Å². The van der Waals surface area contributed by atoms with Crippen LogP contribution in [0.15, 0.2) is 0 Å². The molecule has 1 heterocycles. The molecule has 1 fully saturated rings. The third-order valence-electron chi connectivity index (χ3n) is 2.20. The number of hydrogen-bond acceptors (Lipinski definition) is 4. The number of rotatable bonds is 4. The highest BCUT2D eigenvalue weighted by molar-refractivity contribution is 7.99. The molecule has 7 nitrogen and oxygen atoms in total. The number of aliphatic carboxylic acids is 1. The first-order valence-corrected chi connectivity index (χ1v) is 6.33. The normalized spacial score (nSPS) is 18.9. The Morgan fingerprint density at radius 1 is 1.41 bits per heavy atom. The van der Waals surface area contributed by atoms with Crippen LogP contribution in [0.1, 0.15) is 6.92 Å². The van der Waals surface area contributed by atoms with E-state index in [-0.39, 0.29) is 12.5 Å². The molecule has 3 amide bonds. The lowest BCUT2D eigenvalue weighted by Gasteiger charge is -2.20. The van der Waals surface area contributed by atoms with Gasteiger partial charge in [-0.25, -0.2) is 9.59 Å². The average molecular weight is 261 g/mol. The fourth-order valence-electron chi connectivity index (χ4n) is 1.36. The van der Waals surface area contributed by atoms with Gasteiger partial charge in [0.2, 0.25) is 5.91 Å². The maximum atomic E-state index is 11.6. The summed E-state index contributed by atoms with van der Waals surface area (Å²) < 4.78 is 0. The second kappa shape index (κ2) is 6.33. The lowest BCUT2D eigenvalue weighted by atomic mass is 10.3. The molecule has 1 unspecified atom stereocenters. The van der Waals surface area contributed by atoms with Gasteiger partial charge in [0.15, 0.2) is 0 Å². The molecule has 0 aromatic rings. The van der Waals surface area contributed by atoms with Crippen molar-refractivity contribution in [2.75, 3.05) is 24.7 Å². The van der Waals surface area contributed by atoms with Crippen LogP contribution >= 0.6 is 11.8 Å². The fraction of sp³-hybridized carbons (Fsp3) is 0.667. The Morgan fingerprint density at radius 3 is 2.71 bits per heavy atom. The Bertz CT molecular complexity index is 323. The number of nitrogens with one attached hydrogen (secondary N) is 2. The zero-order valence-corrected chi connectivity index (χ0v) is 10.2. The van der Waals surface area contributed by atoms with Crippen LogP contribution < -0.4 is 10.6 Å². The van der Waals surface area contributed by atoms with E-state index < -0.39 is 18.0 Å². The summed E-state index contributed by atoms with van der Waals surface area (Å²) in [6.07, 6.45) is 0. The number of hydrogen-bond donors (Lipinski definition) is 3. The Balaban J connectivity index is 2.42. The average Bonchev–Trinajstić information content (AvgIpc) is 2.75. The quantitative estimate of drug-likeness (QED) is 0.621. The number of carboxylic acid groups (broad SMARTS) is 1. The minimum atomic E-state index is -1.02. The van der Waals surface area contributed by atoms with E-state index in [0.717, 1.165) is 0 Å². The topological polar surface area (TPSA) is 98.7 Å². The standard InChI is InChI=1S/C9H15N3O4S/c1-2-10-7(13)3-11-9(16)12-5-17-4-6(12)8(14)15/h6H,2-5H2,1H3,(H,10,13)(H,11,16)(H,14,15). The van der Waals surface area contributed by atoms with Crippen molar-refractivity contribution in [2.45, 2.75) is 13.0 Å². The van der Waals surface area contributed by atoms with E-state index in [1.165, 1.54) is 16.7 Å². The Morgan fingerprint density at radius 2 is 2.12 bits per heavy atom. The van der Waals surface area contributed by atoms with Crippen molar-refractivity contribution in [3.05, 3.63) is 0 Å². The third kappa shape index (κ3) is 3.81. The third-order valence-corrected chi connectivity index (χ3v) is 3.21. The zero-order chi connectivity index (χ0) is 12.8. The summed E-state index contributed by atoms with van der Waals surface area (Å²) >= 11 is 1.38. The number of nitrogens with zero attached hydrogens (tertiary/aromatic N) is 1.